The Hall–Kier alpha value is -1.72. The van der Waals surface area contributed by atoms with Gasteiger partial charge in [-0.1, -0.05) is 19.3 Å². The van der Waals surface area contributed by atoms with Gasteiger partial charge in [-0.05, 0) is 64.5 Å². The molecule has 9 nitrogen and oxygen atoms in total. The van der Waals surface area contributed by atoms with Crippen LogP contribution in [0.25, 0.3) is 0 Å². The van der Waals surface area contributed by atoms with E-state index in [0.717, 1.165) is 40.1 Å². The Bertz CT molecular complexity index is 943. The van der Waals surface area contributed by atoms with Crippen LogP contribution in [0.3, 0.4) is 0 Å². The summed E-state index contributed by atoms with van der Waals surface area (Å²) in [6.45, 7) is 1.76. The SMILES string of the molecule is Brc1cnc(C2CCCC2)[nH]1.COC(=O)N[C@H](C(=O)C1CCC[C@H]1c1ncc(Br)[nH]1)[C@@H](C)OC. The van der Waals surface area contributed by atoms with Gasteiger partial charge in [-0.15, -0.1) is 0 Å². The molecule has 2 fully saturated rings. The predicted molar refractivity (Wildman–Crippen MR) is 135 cm³/mol. The third-order valence-corrected chi connectivity index (χ3v) is 7.52. The fraction of sp³-hybridized carbons (Fsp3) is 0.652. The van der Waals surface area contributed by atoms with Gasteiger partial charge in [0, 0.05) is 24.9 Å². The Kier molecular flexibility index (Phi) is 10.1. The van der Waals surface area contributed by atoms with Crippen molar-refractivity contribution < 1.29 is 19.1 Å². The first kappa shape index (κ1) is 26.9. The van der Waals surface area contributed by atoms with Crippen molar-refractivity contribution in [2.75, 3.05) is 14.2 Å². The molecule has 2 saturated carbocycles. The number of imidazole rings is 2. The molecule has 11 heteroatoms. The third kappa shape index (κ3) is 6.91. The number of carbonyl (C=O) groups is 2. The molecule has 2 aromatic rings. The minimum absolute atomic E-state index is 0.0276. The lowest BCUT2D eigenvalue weighted by molar-refractivity contribution is -0.128. The van der Waals surface area contributed by atoms with Crippen molar-refractivity contribution >= 4 is 43.7 Å². The zero-order valence-corrected chi connectivity index (χ0v) is 22.9. The summed E-state index contributed by atoms with van der Waals surface area (Å²) < 4.78 is 11.7. The highest BCUT2D eigenvalue weighted by Gasteiger charge is 2.41. The second kappa shape index (κ2) is 12.8. The van der Waals surface area contributed by atoms with Crippen LogP contribution in [-0.2, 0) is 14.3 Å². The number of methoxy groups -OCH3 is 2. The molecule has 0 bridgehead atoms. The lowest BCUT2D eigenvalue weighted by atomic mass is 9.86. The second-order valence-electron chi connectivity index (χ2n) is 8.81. The van der Waals surface area contributed by atoms with E-state index in [1.807, 2.05) is 6.20 Å². The number of nitrogens with one attached hydrogen (secondary N) is 3. The van der Waals surface area contributed by atoms with Gasteiger partial charge in [0.25, 0.3) is 0 Å². The van der Waals surface area contributed by atoms with Gasteiger partial charge in [-0.2, -0.15) is 0 Å². The Morgan fingerprint density at radius 3 is 2.15 bits per heavy atom. The number of hydrogen-bond donors (Lipinski definition) is 3. The van der Waals surface area contributed by atoms with Gasteiger partial charge in [0.05, 0.1) is 25.6 Å². The molecule has 188 valence electrons. The molecule has 2 aliphatic rings. The molecule has 0 aliphatic heterocycles. The van der Waals surface area contributed by atoms with Crippen LogP contribution in [0.5, 0.6) is 0 Å². The summed E-state index contributed by atoms with van der Waals surface area (Å²) in [5.41, 5.74) is 0. The molecule has 2 heterocycles. The summed E-state index contributed by atoms with van der Waals surface area (Å²) >= 11 is 6.71. The van der Waals surface area contributed by atoms with E-state index in [2.05, 4.69) is 61.8 Å². The number of aromatic amines is 2. The number of ether oxygens (including phenoxy) is 2. The van der Waals surface area contributed by atoms with E-state index in [4.69, 9.17) is 4.74 Å². The standard InChI is InChI=1S/C15H22BrN3O4.C8H11BrN2/c1-8(22-2)12(19-15(21)23-3)13(20)9-5-4-6-10(9)14-17-7-11(16)18-14;9-7-5-10-8(11-7)6-3-1-2-4-6/h7-10,12H,4-6H2,1-3H3,(H,17,18)(H,19,21);5-6H,1-4H2,(H,10,11)/t8-,9?,10-,12+;/m1./s1. The average molecular weight is 603 g/mol. The largest absolute Gasteiger partial charge is 0.453 e. The Balaban J connectivity index is 0.000000243. The van der Waals surface area contributed by atoms with Gasteiger partial charge in [0.1, 0.15) is 26.9 Å². The highest BCUT2D eigenvalue weighted by Crippen LogP contribution is 2.40. The number of amides is 1. The van der Waals surface area contributed by atoms with Gasteiger partial charge in [0.15, 0.2) is 5.78 Å². The molecule has 0 aromatic carbocycles. The molecule has 1 amide bonds. The monoisotopic (exact) mass is 601 g/mol. The number of aromatic nitrogens is 4. The Labute approximate surface area is 216 Å². The summed E-state index contributed by atoms with van der Waals surface area (Å²) in [5.74, 6) is 2.44. The van der Waals surface area contributed by atoms with Crippen LogP contribution in [0.15, 0.2) is 21.6 Å². The first-order chi connectivity index (χ1) is 16.3. The van der Waals surface area contributed by atoms with Crippen molar-refractivity contribution in [2.24, 2.45) is 5.92 Å². The molecule has 4 atom stereocenters. The Morgan fingerprint density at radius 2 is 1.62 bits per heavy atom. The molecule has 4 rings (SSSR count). The topological polar surface area (TPSA) is 122 Å². The number of H-pyrrole nitrogens is 2. The molecule has 2 aromatic heterocycles. The number of ketones is 1. The maximum atomic E-state index is 13.0. The molecule has 0 saturated heterocycles. The van der Waals surface area contributed by atoms with Gasteiger partial charge >= 0.3 is 6.09 Å². The molecule has 34 heavy (non-hydrogen) atoms. The number of alkyl carbamates (subject to hydrolysis) is 1. The summed E-state index contributed by atoms with van der Waals surface area (Å²) in [7, 11) is 2.78. The zero-order valence-electron chi connectivity index (χ0n) is 19.8. The summed E-state index contributed by atoms with van der Waals surface area (Å²) in [6, 6.07) is -0.739. The number of hydrogen-bond acceptors (Lipinski definition) is 6. The summed E-state index contributed by atoms with van der Waals surface area (Å²) in [4.78, 5) is 39.5. The van der Waals surface area contributed by atoms with Crippen LogP contribution in [0, 0.1) is 5.92 Å². The van der Waals surface area contributed by atoms with Crippen LogP contribution in [0.4, 0.5) is 4.79 Å². The van der Waals surface area contributed by atoms with Gasteiger partial charge in [0.2, 0.25) is 0 Å². The first-order valence-electron chi connectivity index (χ1n) is 11.7. The van der Waals surface area contributed by atoms with Crippen molar-refractivity contribution in [1.29, 1.82) is 0 Å². The summed E-state index contributed by atoms with van der Waals surface area (Å²) in [6.07, 6.45) is 10.4. The van der Waals surface area contributed by atoms with E-state index < -0.39 is 18.2 Å². The Morgan fingerprint density at radius 1 is 1.00 bits per heavy atom. The van der Waals surface area contributed by atoms with Crippen molar-refractivity contribution in [3.63, 3.8) is 0 Å². The van der Waals surface area contributed by atoms with Crippen LogP contribution in [0.2, 0.25) is 0 Å². The minimum Gasteiger partial charge on any atom is -0.453 e. The minimum atomic E-state index is -0.739. The number of nitrogens with zero attached hydrogens (tertiary/aromatic N) is 2. The van der Waals surface area contributed by atoms with Crippen LogP contribution < -0.4 is 5.32 Å². The molecule has 0 spiro atoms. The average Bonchev–Trinajstić information content (AvgIpc) is 3.63. The number of carbonyl (C=O) groups excluding carboxylic acids is 2. The van der Waals surface area contributed by atoms with E-state index in [0.29, 0.717) is 5.92 Å². The number of rotatable bonds is 7. The van der Waals surface area contributed by atoms with Crippen molar-refractivity contribution in [1.82, 2.24) is 25.3 Å². The van der Waals surface area contributed by atoms with E-state index >= 15 is 0 Å². The molecular formula is C23H33Br2N5O4. The van der Waals surface area contributed by atoms with Gasteiger partial charge < -0.3 is 24.8 Å². The normalized spacial score (nSPS) is 22.0. The maximum absolute atomic E-state index is 13.0. The molecule has 0 radical (unpaired) electrons. The van der Waals surface area contributed by atoms with Crippen LogP contribution >= 0.6 is 31.9 Å². The fourth-order valence-corrected chi connectivity index (χ4v) is 5.43. The smallest absolute Gasteiger partial charge is 0.407 e. The van der Waals surface area contributed by atoms with Crippen molar-refractivity contribution in [3.05, 3.63) is 33.2 Å². The molecule has 3 N–H and O–H groups in total. The van der Waals surface area contributed by atoms with Crippen molar-refractivity contribution in [2.45, 2.75) is 75.9 Å². The van der Waals surface area contributed by atoms with E-state index in [1.165, 1.54) is 39.9 Å². The highest BCUT2D eigenvalue weighted by atomic mass is 79.9. The number of halogens is 2. The fourth-order valence-electron chi connectivity index (χ4n) is 4.82. The predicted octanol–water partition coefficient (Wildman–Crippen LogP) is 5.21. The quantitative estimate of drug-likeness (QED) is 0.400. The van der Waals surface area contributed by atoms with E-state index in [-0.39, 0.29) is 17.6 Å². The zero-order chi connectivity index (χ0) is 24.7. The van der Waals surface area contributed by atoms with E-state index in [1.54, 1.807) is 13.1 Å². The van der Waals surface area contributed by atoms with Gasteiger partial charge in [-0.25, -0.2) is 14.8 Å². The number of Topliss-reactive ketones (excluding diaryl/α,β-unsaturated/α-hetero) is 1. The van der Waals surface area contributed by atoms with E-state index in [9.17, 15) is 9.59 Å². The lowest BCUT2D eigenvalue weighted by Crippen LogP contribution is -2.50. The lowest BCUT2D eigenvalue weighted by Gasteiger charge is -2.27. The van der Waals surface area contributed by atoms with Crippen molar-refractivity contribution in [3.8, 4) is 0 Å². The maximum Gasteiger partial charge on any atom is 0.407 e. The molecule has 2 aliphatic carbocycles. The second-order valence-corrected chi connectivity index (χ2v) is 10.5. The molecule has 1 unspecified atom stereocenters. The van der Waals surface area contributed by atoms with Crippen LogP contribution in [-0.4, -0.2) is 58.2 Å². The molecular weight excluding hydrogens is 570 g/mol. The van der Waals surface area contributed by atoms with Gasteiger partial charge in [-0.3, -0.25) is 4.79 Å². The van der Waals surface area contributed by atoms with Crippen LogP contribution in [0.1, 0.15) is 75.4 Å². The summed E-state index contributed by atoms with van der Waals surface area (Å²) in [5, 5.41) is 2.60. The third-order valence-electron chi connectivity index (χ3n) is 6.71. The highest BCUT2D eigenvalue weighted by molar-refractivity contribution is 9.10. The first-order valence-corrected chi connectivity index (χ1v) is 13.2.